The van der Waals surface area contributed by atoms with Crippen LogP contribution in [0, 0.1) is 0 Å². The molecular weight excluding hydrogens is 703 g/mol. The van der Waals surface area contributed by atoms with Gasteiger partial charge in [-0.15, -0.1) is 12.4 Å². The third-order valence-corrected chi connectivity index (χ3v) is 7.48. The van der Waals surface area contributed by atoms with Crippen LogP contribution >= 0.6 is 24.0 Å². The molecule has 1 heterocycles. The predicted octanol–water partition coefficient (Wildman–Crippen LogP) is 9.96. The minimum atomic E-state index is -4.98. The molecule has 3 aromatic carbocycles. The van der Waals surface area contributed by atoms with Crippen LogP contribution in [-0.2, 0) is 36.8 Å². The predicted molar refractivity (Wildman–Crippen MR) is 152 cm³/mol. The Hall–Kier alpha value is -3.01. The number of alkyl halides is 12. The van der Waals surface area contributed by atoms with E-state index in [2.05, 4.69) is 10.2 Å². The van der Waals surface area contributed by atoms with E-state index in [4.69, 9.17) is 11.6 Å². The summed E-state index contributed by atoms with van der Waals surface area (Å²) in [6, 6.07) is 11.7. The highest BCUT2D eigenvalue weighted by Crippen LogP contribution is 2.39. The number of hydrogen-bond acceptors (Lipinski definition) is 3. The zero-order valence-corrected chi connectivity index (χ0v) is 25.6. The van der Waals surface area contributed by atoms with E-state index in [9.17, 15) is 57.5 Å². The molecule has 4 rings (SSSR count). The number of nitrogens with zero attached hydrogens (tertiary/aromatic N) is 1. The zero-order chi connectivity index (χ0) is 34.7. The van der Waals surface area contributed by atoms with E-state index in [0.29, 0.717) is 12.8 Å². The molecule has 0 bridgehead atoms. The lowest BCUT2D eigenvalue weighted by Gasteiger charge is -2.42. The second-order valence-corrected chi connectivity index (χ2v) is 10.9. The first kappa shape index (κ1) is 40.2. The monoisotopic (exact) mass is 728 g/mol. The number of benzene rings is 3. The molecule has 1 fully saturated rings. The van der Waals surface area contributed by atoms with E-state index < -0.39 is 63.3 Å². The van der Waals surface area contributed by atoms with Gasteiger partial charge in [-0.05, 0) is 92.1 Å². The molecule has 0 aliphatic carbocycles. The lowest BCUT2D eigenvalue weighted by Crippen LogP contribution is -2.50. The molecule has 1 aliphatic heterocycles. The fourth-order valence-corrected chi connectivity index (χ4v) is 4.90. The van der Waals surface area contributed by atoms with Gasteiger partial charge in [-0.25, -0.2) is 0 Å². The van der Waals surface area contributed by atoms with Crippen molar-refractivity contribution in [2.24, 2.45) is 0 Å². The Labute approximate surface area is 272 Å². The molecule has 3 nitrogen and oxygen atoms in total. The summed E-state index contributed by atoms with van der Waals surface area (Å²) in [4.78, 5) is 12.8. The molecule has 1 aliphatic rings. The summed E-state index contributed by atoms with van der Waals surface area (Å²) in [5.41, 5.74) is -6.14. The first-order chi connectivity index (χ1) is 21.0. The smallest absolute Gasteiger partial charge is 0.306 e. The van der Waals surface area contributed by atoms with Crippen LogP contribution in [0.1, 0.15) is 56.6 Å². The normalized spacial score (nSPS) is 15.7. The highest BCUT2D eigenvalue weighted by Gasteiger charge is 2.39. The van der Waals surface area contributed by atoms with Crippen LogP contribution in [0.2, 0.25) is 0 Å². The van der Waals surface area contributed by atoms with Crippen molar-refractivity contribution in [2.75, 3.05) is 20.1 Å². The van der Waals surface area contributed by atoms with Crippen molar-refractivity contribution in [2.45, 2.75) is 49.6 Å². The zero-order valence-electron chi connectivity index (χ0n) is 24.1. The fourth-order valence-electron chi connectivity index (χ4n) is 4.79. The molecule has 47 heavy (non-hydrogen) atoms. The SMILES string of the molecule is CN1CCC(NCc2cc(C(F)(F)F)cc(C(F)(F)F)c2)(c2ccccc2)CC1.Cl.O=C(Cl)c1cc(C(F)(F)F)cc(C(F)(F)F)c1. The fraction of sp³-hybridized carbons (Fsp3) is 0.367. The minimum Gasteiger partial charge on any atom is -0.306 e. The highest BCUT2D eigenvalue weighted by molar-refractivity contribution is 6.67. The number of nitrogens with one attached hydrogen (secondary N) is 1. The van der Waals surface area contributed by atoms with Crippen LogP contribution in [0.15, 0.2) is 66.7 Å². The molecule has 0 amide bonds. The Balaban J connectivity index is 0.000000366. The van der Waals surface area contributed by atoms with Crippen LogP contribution in [0.3, 0.4) is 0 Å². The van der Waals surface area contributed by atoms with E-state index in [1.807, 2.05) is 37.4 Å². The summed E-state index contributed by atoms with van der Waals surface area (Å²) < 4.78 is 152. The van der Waals surface area contributed by atoms with Crippen molar-refractivity contribution in [3.63, 3.8) is 0 Å². The van der Waals surface area contributed by atoms with Crippen molar-refractivity contribution in [3.05, 3.63) is 106 Å². The van der Waals surface area contributed by atoms with Crippen LogP contribution < -0.4 is 5.32 Å². The summed E-state index contributed by atoms with van der Waals surface area (Å²) in [6.07, 6.45) is -18.2. The molecule has 1 saturated heterocycles. The molecule has 0 aromatic heterocycles. The Bertz CT molecular complexity index is 1430. The van der Waals surface area contributed by atoms with Crippen molar-refractivity contribution in [3.8, 4) is 0 Å². The summed E-state index contributed by atoms with van der Waals surface area (Å²) in [5.74, 6) is 0. The van der Waals surface area contributed by atoms with Gasteiger partial charge in [0.15, 0.2) is 0 Å². The summed E-state index contributed by atoms with van der Waals surface area (Å²) in [5, 5.41) is 1.90. The lowest BCUT2D eigenvalue weighted by atomic mass is 9.80. The molecule has 0 radical (unpaired) electrons. The molecule has 1 N–H and O–H groups in total. The van der Waals surface area contributed by atoms with E-state index >= 15 is 0 Å². The number of carbonyl (C=O) groups is 1. The molecule has 0 saturated carbocycles. The molecular formula is C30H26Cl2F12N2O. The van der Waals surface area contributed by atoms with Gasteiger partial charge < -0.3 is 10.2 Å². The van der Waals surface area contributed by atoms with Gasteiger partial charge in [0.05, 0.1) is 22.3 Å². The van der Waals surface area contributed by atoms with Gasteiger partial charge >= 0.3 is 24.7 Å². The van der Waals surface area contributed by atoms with E-state index in [1.165, 1.54) is 0 Å². The van der Waals surface area contributed by atoms with Crippen molar-refractivity contribution < 1.29 is 57.5 Å². The van der Waals surface area contributed by atoms with Gasteiger partial charge in [0, 0.05) is 17.6 Å². The molecule has 260 valence electrons. The quantitative estimate of drug-likeness (QED) is 0.210. The summed E-state index contributed by atoms with van der Waals surface area (Å²) in [6.45, 7) is 1.46. The molecule has 17 heteroatoms. The van der Waals surface area contributed by atoms with Gasteiger partial charge in [0.25, 0.3) is 5.24 Å². The lowest BCUT2D eigenvalue weighted by molar-refractivity contribution is -0.144. The second-order valence-electron chi connectivity index (χ2n) is 10.6. The van der Waals surface area contributed by atoms with Crippen LogP contribution in [0.5, 0.6) is 0 Å². The Morgan fingerprint density at radius 1 is 0.702 bits per heavy atom. The number of rotatable bonds is 5. The first-order valence-electron chi connectivity index (χ1n) is 13.3. The van der Waals surface area contributed by atoms with E-state index in [0.717, 1.165) is 30.8 Å². The number of likely N-dealkylation sites (tertiary alicyclic amines) is 1. The Morgan fingerprint density at radius 2 is 1.09 bits per heavy atom. The largest absolute Gasteiger partial charge is 0.416 e. The maximum atomic E-state index is 13.1. The average Bonchev–Trinajstić information content (AvgIpc) is 2.96. The van der Waals surface area contributed by atoms with Crippen molar-refractivity contribution in [1.29, 1.82) is 0 Å². The second kappa shape index (κ2) is 15.0. The van der Waals surface area contributed by atoms with E-state index in [1.54, 1.807) is 0 Å². The van der Waals surface area contributed by atoms with Crippen molar-refractivity contribution >= 4 is 29.3 Å². The number of hydrogen-bond donors (Lipinski definition) is 1. The third kappa shape index (κ3) is 11.0. The first-order valence-corrected chi connectivity index (χ1v) is 13.7. The van der Waals surface area contributed by atoms with E-state index in [-0.39, 0.29) is 48.8 Å². The average molecular weight is 729 g/mol. The minimum absolute atomic E-state index is 0. The Morgan fingerprint density at radius 3 is 1.45 bits per heavy atom. The summed E-state index contributed by atoms with van der Waals surface area (Å²) in [7, 11) is 1.98. The molecule has 0 atom stereocenters. The van der Waals surface area contributed by atoms with Gasteiger partial charge in [-0.3, -0.25) is 4.79 Å². The Kier molecular flexibility index (Phi) is 12.9. The molecule has 0 unspecified atom stereocenters. The maximum absolute atomic E-state index is 13.1. The van der Waals surface area contributed by atoms with Crippen molar-refractivity contribution in [1.82, 2.24) is 10.2 Å². The highest BCUT2D eigenvalue weighted by atomic mass is 35.5. The van der Waals surface area contributed by atoms with Crippen LogP contribution in [0.25, 0.3) is 0 Å². The maximum Gasteiger partial charge on any atom is 0.416 e. The summed E-state index contributed by atoms with van der Waals surface area (Å²) >= 11 is 4.87. The standard InChI is InChI=1S/C21H22F6N2.C9H3ClF6O.ClH/c1-29-9-7-19(8-10-29,16-5-3-2-4-6-16)28-14-15-11-17(20(22,23)24)13-18(12-15)21(25,26)27;10-7(17)4-1-5(8(11,12)13)3-6(2-4)9(14,15)16;/h2-6,11-13,28H,7-10,14H2,1H3;1-3H;1H. The molecule has 0 spiro atoms. The van der Waals surface area contributed by atoms with Gasteiger partial charge in [0.2, 0.25) is 0 Å². The van der Waals surface area contributed by atoms with Crippen LogP contribution in [0.4, 0.5) is 52.7 Å². The number of piperidine rings is 1. The van der Waals surface area contributed by atoms with Gasteiger partial charge in [-0.1, -0.05) is 30.3 Å². The molecule has 3 aromatic rings. The van der Waals surface area contributed by atoms with Gasteiger partial charge in [0.1, 0.15) is 0 Å². The van der Waals surface area contributed by atoms with Crippen LogP contribution in [-0.4, -0.2) is 30.3 Å². The topological polar surface area (TPSA) is 32.3 Å². The number of halogens is 14. The van der Waals surface area contributed by atoms with Gasteiger partial charge in [-0.2, -0.15) is 52.7 Å². The third-order valence-electron chi connectivity index (χ3n) is 7.26. The number of carbonyl (C=O) groups excluding carboxylic acids is 1.